The molecule has 25 heavy (non-hydrogen) atoms. The van der Waals surface area contributed by atoms with Gasteiger partial charge in [0.15, 0.2) is 5.78 Å². The lowest BCUT2D eigenvalue weighted by Gasteiger charge is -2.07. The third-order valence-corrected chi connectivity index (χ3v) is 2.95. The lowest BCUT2D eigenvalue weighted by molar-refractivity contribution is -0.140. The third-order valence-electron chi connectivity index (χ3n) is 2.95. The molecule has 0 saturated carbocycles. The van der Waals surface area contributed by atoms with Gasteiger partial charge in [0.1, 0.15) is 6.61 Å². The highest BCUT2D eigenvalue weighted by atomic mass is 16.5. The summed E-state index contributed by atoms with van der Waals surface area (Å²) in [7, 11) is 0. The van der Waals surface area contributed by atoms with Gasteiger partial charge in [0, 0.05) is 11.6 Å². The zero-order valence-corrected chi connectivity index (χ0v) is 15.4. The number of carboxylic acids is 1. The second-order valence-electron chi connectivity index (χ2n) is 5.42. The summed E-state index contributed by atoms with van der Waals surface area (Å²) in [5.41, 5.74) is 0.143. The number of hydrogen-bond donors (Lipinski definition) is 2. The van der Waals surface area contributed by atoms with Gasteiger partial charge in [-0.05, 0) is 39.2 Å². The summed E-state index contributed by atoms with van der Waals surface area (Å²) >= 11 is 0. The maximum absolute atomic E-state index is 10.6. The molecule has 0 aromatic heterocycles. The summed E-state index contributed by atoms with van der Waals surface area (Å²) in [5.74, 6) is -1.50. The average molecular weight is 354 g/mol. The van der Waals surface area contributed by atoms with Gasteiger partial charge >= 0.3 is 11.9 Å². The number of carbonyl (C=O) groups is 3. The van der Waals surface area contributed by atoms with Gasteiger partial charge in [-0.15, -0.1) is 0 Å². The molecule has 142 valence electrons. The predicted octanol–water partition coefficient (Wildman–Crippen LogP) is 3.21. The quantitative estimate of drug-likeness (QED) is 0.336. The number of allylic oxidation sites excluding steroid dienone is 2. The van der Waals surface area contributed by atoms with Crippen LogP contribution in [0.3, 0.4) is 0 Å². The van der Waals surface area contributed by atoms with Crippen molar-refractivity contribution in [1.82, 2.24) is 0 Å². The lowest BCUT2D eigenvalue weighted by atomic mass is 10.2. The molecular formula is C19H30O6. The summed E-state index contributed by atoms with van der Waals surface area (Å²) in [5, 5.41) is 17.8. The van der Waals surface area contributed by atoms with E-state index in [1.54, 1.807) is 13.0 Å². The van der Waals surface area contributed by atoms with E-state index in [0.717, 1.165) is 12.5 Å². The Labute approximate surface area is 149 Å². The second kappa shape index (κ2) is 16.6. The molecule has 0 saturated heterocycles. The van der Waals surface area contributed by atoms with Crippen LogP contribution in [-0.4, -0.2) is 40.6 Å². The van der Waals surface area contributed by atoms with Crippen molar-refractivity contribution in [2.24, 2.45) is 0 Å². The summed E-state index contributed by atoms with van der Waals surface area (Å²) in [6.45, 7) is 8.19. The number of carbonyl (C=O) groups excluding carboxylic acids is 2. The molecule has 6 nitrogen and oxygen atoms in total. The topological polar surface area (TPSA) is 101 Å². The summed E-state index contributed by atoms with van der Waals surface area (Å²) in [4.78, 5) is 31.4. The standard InChI is InChI=1S/C10H14O5.C9H16O/c1-3-9(12)15-6-8(11)5-4-7(2)10(13)14;1-3-4-5-6-7-8-9(2)10/h3-4,8,11H,1,5-6H2,2H3,(H,13,14);7-8H,3-6H2,1-2H3/b7-4+;8-7+. The minimum absolute atomic E-state index is 0.128. The van der Waals surface area contributed by atoms with Crippen molar-refractivity contribution in [3.8, 4) is 0 Å². The molecule has 0 aliphatic carbocycles. The molecule has 0 heterocycles. The number of hydrogen-bond acceptors (Lipinski definition) is 5. The highest BCUT2D eigenvalue weighted by Gasteiger charge is 2.06. The van der Waals surface area contributed by atoms with E-state index in [1.165, 1.54) is 32.3 Å². The number of unbranched alkanes of at least 4 members (excludes halogenated alkanes) is 3. The summed E-state index contributed by atoms with van der Waals surface area (Å²) in [6, 6.07) is 0. The number of aliphatic hydroxyl groups is 1. The first kappa shape index (κ1) is 25.0. The number of carboxylic acid groups (broad SMARTS) is 1. The van der Waals surface area contributed by atoms with Crippen LogP contribution in [0.1, 0.15) is 52.9 Å². The smallest absolute Gasteiger partial charge is 0.330 e. The van der Waals surface area contributed by atoms with Gasteiger partial charge in [0.2, 0.25) is 0 Å². The fraction of sp³-hybridized carbons (Fsp3) is 0.526. The van der Waals surface area contributed by atoms with Gasteiger partial charge in [0.25, 0.3) is 0 Å². The van der Waals surface area contributed by atoms with Crippen molar-refractivity contribution in [2.45, 2.75) is 59.0 Å². The lowest BCUT2D eigenvalue weighted by Crippen LogP contribution is -2.17. The van der Waals surface area contributed by atoms with Crippen molar-refractivity contribution in [3.63, 3.8) is 0 Å². The molecular weight excluding hydrogens is 324 g/mol. The van der Waals surface area contributed by atoms with E-state index in [9.17, 15) is 19.5 Å². The van der Waals surface area contributed by atoms with Crippen molar-refractivity contribution in [3.05, 3.63) is 36.5 Å². The van der Waals surface area contributed by atoms with E-state index in [1.807, 2.05) is 6.08 Å². The molecule has 0 aromatic carbocycles. The van der Waals surface area contributed by atoms with Crippen LogP contribution in [0.5, 0.6) is 0 Å². The van der Waals surface area contributed by atoms with E-state index in [-0.39, 0.29) is 24.4 Å². The fourth-order valence-corrected chi connectivity index (χ4v) is 1.47. The Morgan fingerprint density at radius 1 is 1.20 bits per heavy atom. The highest BCUT2D eigenvalue weighted by molar-refractivity contribution is 5.87. The van der Waals surface area contributed by atoms with Gasteiger partial charge < -0.3 is 14.9 Å². The Kier molecular flexibility index (Phi) is 16.7. The number of ketones is 1. The average Bonchev–Trinajstić information content (AvgIpc) is 2.57. The monoisotopic (exact) mass is 354 g/mol. The predicted molar refractivity (Wildman–Crippen MR) is 97.1 cm³/mol. The van der Waals surface area contributed by atoms with Crippen LogP contribution < -0.4 is 0 Å². The van der Waals surface area contributed by atoms with Crippen LogP contribution in [0.4, 0.5) is 0 Å². The van der Waals surface area contributed by atoms with Crippen LogP contribution in [0.25, 0.3) is 0 Å². The van der Waals surface area contributed by atoms with Crippen molar-refractivity contribution in [1.29, 1.82) is 0 Å². The Hall–Kier alpha value is -2.21. The SMILES string of the molecule is C=CC(=O)OCC(O)C/C=C(\C)C(=O)O.CCCCC/C=C/C(C)=O. The van der Waals surface area contributed by atoms with Crippen LogP contribution in [0.15, 0.2) is 36.5 Å². The van der Waals surface area contributed by atoms with Gasteiger partial charge in [-0.3, -0.25) is 4.79 Å². The number of aliphatic hydroxyl groups excluding tert-OH is 1. The molecule has 0 aromatic rings. The molecule has 0 fully saturated rings. The third kappa shape index (κ3) is 19.7. The van der Waals surface area contributed by atoms with Gasteiger partial charge in [0.05, 0.1) is 6.10 Å². The molecule has 1 unspecified atom stereocenters. The number of aliphatic carboxylic acids is 1. The highest BCUT2D eigenvalue weighted by Crippen LogP contribution is 2.00. The van der Waals surface area contributed by atoms with Crippen LogP contribution in [0, 0.1) is 0 Å². The largest absolute Gasteiger partial charge is 0.478 e. The molecule has 0 aliphatic rings. The molecule has 1 atom stereocenters. The van der Waals surface area contributed by atoms with Crippen LogP contribution >= 0.6 is 0 Å². The maximum Gasteiger partial charge on any atom is 0.330 e. The Balaban J connectivity index is 0. The molecule has 2 N–H and O–H groups in total. The van der Waals surface area contributed by atoms with E-state index < -0.39 is 18.0 Å². The first-order chi connectivity index (χ1) is 11.7. The molecule has 0 amide bonds. The van der Waals surface area contributed by atoms with Gasteiger partial charge in [-0.2, -0.15) is 0 Å². The van der Waals surface area contributed by atoms with Gasteiger partial charge in [-0.1, -0.05) is 38.5 Å². The number of rotatable bonds is 11. The summed E-state index contributed by atoms with van der Waals surface area (Å²) < 4.78 is 4.56. The zero-order chi connectivity index (χ0) is 19.7. The molecule has 0 spiro atoms. The van der Waals surface area contributed by atoms with Crippen LogP contribution in [0.2, 0.25) is 0 Å². The molecule has 0 radical (unpaired) electrons. The molecule has 0 bridgehead atoms. The van der Waals surface area contributed by atoms with E-state index >= 15 is 0 Å². The fourth-order valence-electron chi connectivity index (χ4n) is 1.47. The van der Waals surface area contributed by atoms with Crippen molar-refractivity contribution in [2.75, 3.05) is 6.61 Å². The normalized spacial score (nSPS) is 12.1. The zero-order valence-electron chi connectivity index (χ0n) is 15.4. The molecule has 0 aliphatic heterocycles. The van der Waals surface area contributed by atoms with E-state index in [0.29, 0.717) is 0 Å². The Morgan fingerprint density at radius 2 is 1.84 bits per heavy atom. The minimum Gasteiger partial charge on any atom is -0.478 e. The second-order valence-corrected chi connectivity index (χ2v) is 5.42. The number of esters is 1. The maximum atomic E-state index is 10.6. The van der Waals surface area contributed by atoms with E-state index in [4.69, 9.17) is 5.11 Å². The number of ether oxygens (including phenoxy) is 1. The Morgan fingerprint density at radius 3 is 2.32 bits per heavy atom. The van der Waals surface area contributed by atoms with E-state index in [2.05, 4.69) is 18.2 Å². The van der Waals surface area contributed by atoms with Crippen molar-refractivity contribution >= 4 is 17.7 Å². The van der Waals surface area contributed by atoms with Crippen LogP contribution in [-0.2, 0) is 19.1 Å². The first-order valence-corrected chi connectivity index (χ1v) is 8.28. The van der Waals surface area contributed by atoms with Crippen molar-refractivity contribution < 1.29 is 29.3 Å². The molecule has 0 rings (SSSR count). The minimum atomic E-state index is -1.04. The Bertz CT molecular complexity index is 476. The molecule has 6 heteroatoms. The summed E-state index contributed by atoms with van der Waals surface area (Å²) in [6.07, 6.45) is 9.96. The first-order valence-electron chi connectivity index (χ1n) is 8.28. The van der Waals surface area contributed by atoms with Gasteiger partial charge in [-0.25, -0.2) is 9.59 Å².